The van der Waals surface area contributed by atoms with Crippen LogP contribution >= 0.6 is 23.2 Å². The second-order valence-electron chi connectivity index (χ2n) is 3.91. The summed E-state index contributed by atoms with van der Waals surface area (Å²) in [7, 11) is 0. The molecule has 0 aliphatic heterocycles. The maximum Gasteiger partial charge on any atom is 0.0589 e. The molecule has 1 nitrogen and oxygen atoms in total. The Bertz CT molecular complexity index is 431. The zero-order valence-corrected chi connectivity index (χ0v) is 11.0. The number of hydrogen-bond acceptors (Lipinski definition) is 1. The molecule has 0 N–H and O–H groups in total. The van der Waals surface area contributed by atoms with Gasteiger partial charge in [0.1, 0.15) is 0 Å². The molecule has 1 aromatic carbocycles. The van der Waals surface area contributed by atoms with Crippen molar-refractivity contribution in [1.82, 2.24) is 4.98 Å². The number of pyridine rings is 1. The van der Waals surface area contributed by atoms with Crippen LogP contribution in [-0.2, 0) is 0 Å². The van der Waals surface area contributed by atoms with E-state index in [9.17, 15) is 0 Å². The topological polar surface area (TPSA) is 12.9 Å². The summed E-state index contributed by atoms with van der Waals surface area (Å²) in [6.45, 7) is 2.15. The van der Waals surface area contributed by atoms with Gasteiger partial charge < -0.3 is 0 Å². The smallest absolute Gasteiger partial charge is 0.0589 e. The summed E-state index contributed by atoms with van der Waals surface area (Å²) in [5.41, 5.74) is 2.27. The first-order valence-corrected chi connectivity index (χ1v) is 6.33. The predicted molar refractivity (Wildman–Crippen MR) is 72.8 cm³/mol. The lowest BCUT2D eigenvalue weighted by Crippen LogP contribution is -2.01. The van der Waals surface area contributed by atoms with E-state index < -0.39 is 0 Å². The van der Waals surface area contributed by atoms with Crippen LogP contribution in [0.2, 0.25) is 10.0 Å². The molecule has 17 heavy (non-hydrogen) atoms. The highest BCUT2D eigenvalue weighted by Crippen LogP contribution is 2.27. The third-order valence-corrected chi connectivity index (χ3v) is 3.26. The van der Waals surface area contributed by atoms with Gasteiger partial charge in [-0.15, -0.1) is 0 Å². The van der Waals surface area contributed by atoms with E-state index in [0.717, 1.165) is 17.1 Å². The third-order valence-electron chi connectivity index (χ3n) is 2.79. The number of rotatable bonds is 3. The van der Waals surface area contributed by atoms with Crippen molar-refractivity contribution in [3.8, 4) is 0 Å². The average Bonchev–Trinajstić information content (AvgIpc) is 2.35. The molecule has 0 fully saturated rings. The monoisotopic (exact) mass is 265 g/mol. The van der Waals surface area contributed by atoms with Gasteiger partial charge in [-0.25, -0.2) is 0 Å². The largest absolute Gasteiger partial charge is 0.259 e. The molecule has 0 amide bonds. The number of benzene rings is 1. The van der Waals surface area contributed by atoms with E-state index in [4.69, 9.17) is 23.2 Å². The minimum Gasteiger partial charge on any atom is -0.259 e. The van der Waals surface area contributed by atoms with Crippen LogP contribution in [0.5, 0.6) is 0 Å². The van der Waals surface area contributed by atoms with Gasteiger partial charge in [-0.2, -0.15) is 0 Å². The van der Waals surface area contributed by atoms with Crippen LogP contribution < -0.4 is 0 Å². The Kier molecular flexibility index (Phi) is 4.03. The Morgan fingerprint density at radius 1 is 1.00 bits per heavy atom. The van der Waals surface area contributed by atoms with Crippen LogP contribution in [0.4, 0.5) is 0 Å². The molecule has 0 saturated heterocycles. The average molecular weight is 266 g/mol. The Hall–Kier alpha value is -1.05. The molecule has 0 aliphatic rings. The first kappa shape index (κ1) is 12.4. The second-order valence-corrected chi connectivity index (χ2v) is 4.79. The first-order valence-electron chi connectivity index (χ1n) is 5.57. The summed E-state index contributed by atoms with van der Waals surface area (Å²) >= 11 is 11.7. The van der Waals surface area contributed by atoms with Gasteiger partial charge in [-0.05, 0) is 36.2 Å². The molecule has 3 heteroatoms. The van der Waals surface area contributed by atoms with Crippen LogP contribution in [0.25, 0.3) is 0 Å². The Labute approximate surface area is 111 Å². The predicted octanol–water partition coefficient (Wildman–Crippen LogP) is 4.93. The molecule has 0 aliphatic carbocycles. The summed E-state index contributed by atoms with van der Waals surface area (Å²) in [5, 5.41) is 1.42. The van der Waals surface area contributed by atoms with Crippen molar-refractivity contribution in [1.29, 1.82) is 0 Å². The fraction of sp³-hybridized carbons (Fsp3) is 0.214. The van der Waals surface area contributed by atoms with Gasteiger partial charge in [0, 0.05) is 22.8 Å². The van der Waals surface area contributed by atoms with Crippen LogP contribution in [0.1, 0.15) is 30.5 Å². The molecule has 2 aromatic rings. The van der Waals surface area contributed by atoms with Crippen molar-refractivity contribution >= 4 is 23.2 Å². The van der Waals surface area contributed by atoms with E-state index in [1.807, 2.05) is 36.4 Å². The standard InChI is InChI=1S/C14H13Cl2N/c1-2-13(10-3-5-11(15)6-4-10)14-8-7-12(16)9-17-14/h3-9,13H,2H2,1H3. The first-order chi connectivity index (χ1) is 8.20. The van der Waals surface area contributed by atoms with Crippen LogP contribution in [0.15, 0.2) is 42.6 Å². The van der Waals surface area contributed by atoms with E-state index in [1.54, 1.807) is 6.20 Å². The van der Waals surface area contributed by atoms with Gasteiger partial charge in [0.2, 0.25) is 0 Å². The van der Waals surface area contributed by atoms with Gasteiger partial charge in [0.15, 0.2) is 0 Å². The SMILES string of the molecule is CCC(c1ccc(Cl)cc1)c1ccc(Cl)cn1. The normalized spacial score (nSPS) is 12.4. The maximum absolute atomic E-state index is 5.89. The van der Waals surface area contributed by atoms with Gasteiger partial charge in [0.05, 0.1) is 5.02 Å². The molecule has 1 unspecified atom stereocenters. The van der Waals surface area contributed by atoms with Crippen LogP contribution in [0.3, 0.4) is 0 Å². The zero-order valence-electron chi connectivity index (χ0n) is 9.53. The number of halogens is 2. The molecule has 2 rings (SSSR count). The fourth-order valence-corrected chi connectivity index (χ4v) is 2.14. The molecule has 0 radical (unpaired) electrons. The van der Waals surface area contributed by atoms with Crippen molar-refractivity contribution < 1.29 is 0 Å². The number of hydrogen-bond donors (Lipinski definition) is 0. The Morgan fingerprint density at radius 3 is 2.18 bits per heavy atom. The lowest BCUT2D eigenvalue weighted by molar-refractivity contribution is 0.749. The summed E-state index contributed by atoms with van der Waals surface area (Å²) in [6, 6.07) is 11.8. The highest BCUT2D eigenvalue weighted by molar-refractivity contribution is 6.30. The van der Waals surface area contributed by atoms with E-state index in [2.05, 4.69) is 11.9 Å². The van der Waals surface area contributed by atoms with Gasteiger partial charge in [-0.1, -0.05) is 42.3 Å². The second kappa shape index (κ2) is 5.52. The summed E-state index contributed by atoms with van der Waals surface area (Å²) in [6.07, 6.45) is 2.69. The lowest BCUT2D eigenvalue weighted by Gasteiger charge is -2.14. The highest BCUT2D eigenvalue weighted by atomic mass is 35.5. The summed E-state index contributed by atoms with van der Waals surface area (Å²) in [4.78, 5) is 4.38. The van der Waals surface area contributed by atoms with Crippen LogP contribution in [-0.4, -0.2) is 4.98 Å². The molecule has 1 aromatic heterocycles. The minimum atomic E-state index is 0.296. The molecular weight excluding hydrogens is 253 g/mol. The van der Waals surface area contributed by atoms with Crippen LogP contribution in [0, 0.1) is 0 Å². The van der Waals surface area contributed by atoms with Crippen molar-refractivity contribution in [2.45, 2.75) is 19.3 Å². The minimum absolute atomic E-state index is 0.296. The molecule has 1 atom stereocenters. The quantitative estimate of drug-likeness (QED) is 0.767. The Balaban J connectivity index is 2.33. The van der Waals surface area contributed by atoms with Crippen molar-refractivity contribution in [3.63, 3.8) is 0 Å². The molecule has 1 heterocycles. The van der Waals surface area contributed by atoms with E-state index in [0.29, 0.717) is 10.9 Å². The molecule has 0 spiro atoms. The number of nitrogens with zero attached hydrogens (tertiary/aromatic N) is 1. The summed E-state index contributed by atoms with van der Waals surface area (Å²) in [5.74, 6) is 0.296. The molecule has 0 bridgehead atoms. The third kappa shape index (κ3) is 2.99. The van der Waals surface area contributed by atoms with Gasteiger partial charge in [0.25, 0.3) is 0 Å². The van der Waals surface area contributed by atoms with Gasteiger partial charge >= 0.3 is 0 Å². The van der Waals surface area contributed by atoms with Crippen molar-refractivity contribution in [2.75, 3.05) is 0 Å². The highest BCUT2D eigenvalue weighted by Gasteiger charge is 2.13. The van der Waals surface area contributed by atoms with E-state index in [1.165, 1.54) is 5.56 Å². The zero-order chi connectivity index (χ0) is 12.3. The van der Waals surface area contributed by atoms with E-state index in [-0.39, 0.29) is 0 Å². The molecular formula is C14H13Cl2N. The lowest BCUT2D eigenvalue weighted by atomic mass is 9.93. The number of aromatic nitrogens is 1. The van der Waals surface area contributed by atoms with Gasteiger partial charge in [-0.3, -0.25) is 4.98 Å². The maximum atomic E-state index is 5.89. The van der Waals surface area contributed by atoms with Crippen molar-refractivity contribution in [2.24, 2.45) is 0 Å². The summed E-state index contributed by atoms with van der Waals surface area (Å²) < 4.78 is 0. The Morgan fingerprint density at radius 2 is 1.65 bits per heavy atom. The molecule has 88 valence electrons. The van der Waals surface area contributed by atoms with Crippen molar-refractivity contribution in [3.05, 3.63) is 63.9 Å². The molecule has 0 saturated carbocycles. The van der Waals surface area contributed by atoms with E-state index >= 15 is 0 Å². The fourth-order valence-electron chi connectivity index (χ4n) is 1.90.